The van der Waals surface area contributed by atoms with E-state index in [1.54, 1.807) is 0 Å². The van der Waals surface area contributed by atoms with Crippen molar-refractivity contribution in [2.45, 2.75) is 56.5 Å². The average Bonchev–Trinajstić information content (AvgIpc) is 2.33. The van der Waals surface area contributed by atoms with Gasteiger partial charge in [-0.1, -0.05) is 6.42 Å². The van der Waals surface area contributed by atoms with Crippen molar-refractivity contribution in [3.05, 3.63) is 0 Å². The third-order valence-electron chi connectivity index (χ3n) is 5.05. The molecule has 0 amide bonds. The van der Waals surface area contributed by atoms with Crippen molar-refractivity contribution in [2.75, 3.05) is 27.2 Å². The molecule has 3 heteroatoms. The number of nitrogens with one attached hydrogen (secondary N) is 1. The molecule has 2 fully saturated rings. The van der Waals surface area contributed by atoms with Gasteiger partial charge in [-0.05, 0) is 58.5 Å². The summed E-state index contributed by atoms with van der Waals surface area (Å²) >= 11 is 0. The van der Waals surface area contributed by atoms with Gasteiger partial charge in [-0.2, -0.15) is 0 Å². The standard InChI is InChI=1S/C14H28N2O/c1-15-14(11-17)8-4-7-13(9-14)16(2)10-12-5-3-6-12/h12-13,15,17H,3-11H2,1-2H3. The summed E-state index contributed by atoms with van der Waals surface area (Å²) in [6, 6.07) is 0.656. The summed E-state index contributed by atoms with van der Waals surface area (Å²) in [6.07, 6.45) is 9.04. The molecule has 17 heavy (non-hydrogen) atoms. The molecule has 100 valence electrons. The zero-order valence-corrected chi connectivity index (χ0v) is 11.4. The van der Waals surface area contributed by atoms with Crippen LogP contribution < -0.4 is 5.32 Å². The Hall–Kier alpha value is -0.120. The van der Waals surface area contributed by atoms with E-state index in [2.05, 4.69) is 17.3 Å². The molecule has 2 aliphatic carbocycles. The van der Waals surface area contributed by atoms with Crippen LogP contribution in [0.25, 0.3) is 0 Å². The molecule has 0 radical (unpaired) electrons. The van der Waals surface area contributed by atoms with Gasteiger partial charge in [0.25, 0.3) is 0 Å². The van der Waals surface area contributed by atoms with Gasteiger partial charge in [0, 0.05) is 18.1 Å². The van der Waals surface area contributed by atoms with Gasteiger partial charge in [-0.3, -0.25) is 0 Å². The van der Waals surface area contributed by atoms with E-state index >= 15 is 0 Å². The fraction of sp³-hybridized carbons (Fsp3) is 1.00. The van der Waals surface area contributed by atoms with Crippen LogP contribution in [0.3, 0.4) is 0 Å². The molecule has 0 aliphatic heterocycles. The van der Waals surface area contributed by atoms with Crippen LogP contribution in [0, 0.1) is 5.92 Å². The van der Waals surface area contributed by atoms with Crippen molar-refractivity contribution < 1.29 is 5.11 Å². The van der Waals surface area contributed by atoms with Crippen molar-refractivity contribution >= 4 is 0 Å². The molecule has 2 atom stereocenters. The Morgan fingerprint density at radius 2 is 2.06 bits per heavy atom. The number of hydrogen-bond donors (Lipinski definition) is 2. The maximum Gasteiger partial charge on any atom is 0.0613 e. The molecular formula is C14H28N2O. The molecule has 0 heterocycles. The van der Waals surface area contributed by atoms with E-state index < -0.39 is 0 Å². The second-order valence-electron chi connectivity index (χ2n) is 6.18. The predicted octanol–water partition coefficient (Wildman–Crippen LogP) is 1.61. The second kappa shape index (κ2) is 5.68. The molecule has 0 spiro atoms. The Bertz CT molecular complexity index is 236. The topological polar surface area (TPSA) is 35.5 Å². The lowest BCUT2D eigenvalue weighted by Crippen LogP contribution is -2.54. The van der Waals surface area contributed by atoms with Crippen LogP contribution in [0.15, 0.2) is 0 Å². The normalized spacial score (nSPS) is 34.9. The molecular weight excluding hydrogens is 212 g/mol. The maximum absolute atomic E-state index is 9.60. The van der Waals surface area contributed by atoms with Gasteiger partial charge >= 0.3 is 0 Å². The lowest BCUT2D eigenvalue weighted by molar-refractivity contribution is 0.0614. The number of hydrogen-bond acceptors (Lipinski definition) is 3. The predicted molar refractivity (Wildman–Crippen MR) is 71.1 cm³/mol. The first kappa shape index (κ1) is 13.3. The lowest BCUT2D eigenvalue weighted by atomic mass is 9.78. The van der Waals surface area contributed by atoms with Crippen molar-refractivity contribution in [1.29, 1.82) is 0 Å². The van der Waals surface area contributed by atoms with Crippen LogP contribution >= 0.6 is 0 Å². The first-order valence-electron chi connectivity index (χ1n) is 7.19. The molecule has 2 unspecified atom stereocenters. The van der Waals surface area contributed by atoms with E-state index in [1.807, 2.05) is 7.05 Å². The molecule has 2 aliphatic rings. The monoisotopic (exact) mass is 240 g/mol. The fourth-order valence-corrected chi connectivity index (χ4v) is 3.39. The van der Waals surface area contributed by atoms with Gasteiger partial charge in [0.1, 0.15) is 0 Å². The van der Waals surface area contributed by atoms with Gasteiger partial charge in [0.15, 0.2) is 0 Å². The van der Waals surface area contributed by atoms with Gasteiger partial charge in [0.2, 0.25) is 0 Å². The smallest absolute Gasteiger partial charge is 0.0613 e. The van der Waals surface area contributed by atoms with Crippen molar-refractivity contribution in [3.63, 3.8) is 0 Å². The Labute approximate surface area is 106 Å². The first-order chi connectivity index (χ1) is 8.19. The number of rotatable bonds is 5. The molecule has 0 saturated heterocycles. The summed E-state index contributed by atoms with van der Waals surface area (Å²) < 4.78 is 0. The zero-order chi connectivity index (χ0) is 12.3. The number of nitrogens with zero attached hydrogens (tertiary/aromatic N) is 1. The van der Waals surface area contributed by atoms with E-state index in [-0.39, 0.29) is 12.1 Å². The number of aliphatic hydroxyl groups is 1. The third-order valence-corrected chi connectivity index (χ3v) is 5.05. The summed E-state index contributed by atoms with van der Waals surface area (Å²) in [5, 5.41) is 13.0. The van der Waals surface area contributed by atoms with Crippen LogP contribution in [0.4, 0.5) is 0 Å². The molecule has 0 aromatic carbocycles. The van der Waals surface area contributed by atoms with E-state index in [9.17, 15) is 5.11 Å². The highest BCUT2D eigenvalue weighted by Crippen LogP contribution is 2.33. The minimum Gasteiger partial charge on any atom is -0.394 e. The molecule has 0 bridgehead atoms. The highest BCUT2D eigenvalue weighted by atomic mass is 16.3. The van der Waals surface area contributed by atoms with Crippen LogP contribution in [-0.4, -0.2) is 48.8 Å². The summed E-state index contributed by atoms with van der Waals surface area (Å²) in [7, 11) is 4.26. The Morgan fingerprint density at radius 1 is 1.29 bits per heavy atom. The molecule has 2 N–H and O–H groups in total. The molecule has 2 rings (SSSR count). The SMILES string of the molecule is CNC1(CO)CCCC(N(C)CC2CCC2)C1. The van der Waals surface area contributed by atoms with E-state index in [0.717, 1.165) is 18.8 Å². The first-order valence-corrected chi connectivity index (χ1v) is 7.19. The summed E-state index contributed by atoms with van der Waals surface area (Å²) in [4.78, 5) is 2.55. The number of aliphatic hydroxyl groups excluding tert-OH is 1. The highest BCUT2D eigenvalue weighted by molar-refractivity contribution is 4.95. The van der Waals surface area contributed by atoms with E-state index in [1.165, 1.54) is 38.6 Å². The van der Waals surface area contributed by atoms with Crippen LogP contribution in [-0.2, 0) is 0 Å². The van der Waals surface area contributed by atoms with Gasteiger partial charge in [-0.15, -0.1) is 0 Å². The van der Waals surface area contributed by atoms with E-state index in [4.69, 9.17) is 0 Å². The lowest BCUT2D eigenvalue weighted by Gasteiger charge is -2.44. The summed E-state index contributed by atoms with van der Waals surface area (Å²) in [5.41, 5.74) is -0.0171. The molecule has 0 aromatic heterocycles. The van der Waals surface area contributed by atoms with Gasteiger partial charge < -0.3 is 15.3 Å². The third kappa shape index (κ3) is 3.01. The Kier molecular flexibility index (Phi) is 4.45. The molecule has 0 aromatic rings. The number of likely N-dealkylation sites (N-methyl/N-ethyl adjacent to an activating group) is 1. The van der Waals surface area contributed by atoms with Gasteiger partial charge in [-0.25, -0.2) is 0 Å². The van der Waals surface area contributed by atoms with Crippen molar-refractivity contribution in [2.24, 2.45) is 5.92 Å². The average molecular weight is 240 g/mol. The van der Waals surface area contributed by atoms with Crippen LogP contribution in [0.5, 0.6) is 0 Å². The van der Waals surface area contributed by atoms with Crippen LogP contribution in [0.2, 0.25) is 0 Å². The van der Waals surface area contributed by atoms with E-state index in [0.29, 0.717) is 6.04 Å². The minimum absolute atomic E-state index is 0.0171. The molecule has 2 saturated carbocycles. The fourth-order valence-electron chi connectivity index (χ4n) is 3.39. The van der Waals surface area contributed by atoms with Crippen molar-refractivity contribution in [1.82, 2.24) is 10.2 Å². The quantitative estimate of drug-likeness (QED) is 0.766. The summed E-state index contributed by atoms with van der Waals surface area (Å²) in [6.45, 7) is 1.53. The minimum atomic E-state index is -0.0171. The largest absolute Gasteiger partial charge is 0.394 e. The zero-order valence-electron chi connectivity index (χ0n) is 11.4. The molecule has 3 nitrogen and oxygen atoms in total. The second-order valence-corrected chi connectivity index (χ2v) is 6.18. The highest BCUT2D eigenvalue weighted by Gasteiger charge is 2.36. The van der Waals surface area contributed by atoms with Crippen molar-refractivity contribution in [3.8, 4) is 0 Å². The Morgan fingerprint density at radius 3 is 2.59 bits per heavy atom. The summed E-state index contributed by atoms with van der Waals surface area (Å²) in [5.74, 6) is 0.944. The maximum atomic E-state index is 9.60. The van der Waals surface area contributed by atoms with Crippen LogP contribution in [0.1, 0.15) is 44.9 Å². The Balaban J connectivity index is 1.86. The van der Waals surface area contributed by atoms with Gasteiger partial charge in [0.05, 0.1) is 6.61 Å².